The van der Waals surface area contributed by atoms with E-state index in [1.54, 1.807) is 0 Å². The van der Waals surface area contributed by atoms with Crippen LogP contribution in [0.4, 0.5) is 0 Å². The van der Waals surface area contributed by atoms with Crippen molar-refractivity contribution in [2.45, 2.75) is 53.6 Å². The molecule has 0 aliphatic rings. The summed E-state index contributed by atoms with van der Waals surface area (Å²) in [7, 11) is 0. The van der Waals surface area contributed by atoms with Gasteiger partial charge in [-0.25, -0.2) is 0 Å². The molecule has 2 aromatic rings. The Morgan fingerprint density at radius 1 is 1.19 bits per heavy atom. The first-order chi connectivity index (χ1) is 10.1. The number of hydrogen-bond donors (Lipinski definition) is 1. The van der Waals surface area contributed by atoms with Crippen molar-refractivity contribution in [2.75, 3.05) is 6.54 Å². The highest BCUT2D eigenvalue weighted by molar-refractivity contribution is 5.13. The highest BCUT2D eigenvalue weighted by Crippen LogP contribution is 2.13. The maximum Gasteiger partial charge on any atom is 0.125 e. The van der Waals surface area contributed by atoms with Crippen LogP contribution in [-0.4, -0.2) is 16.3 Å². The molecule has 0 saturated heterocycles. The van der Waals surface area contributed by atoms with E-state index in [9.17, 15) is 0 Å². The summed E-state index contributed by atoms with van der Waals surface area (Å²) in [5, 5.41) is 8.03. The molecule has 0 unspecified atom stereocenters. The van der Waals surface area contributed by atoms with Crippen molar-refractivity contribution >= 4 is 0 Å². The van der Waals surface area contributed by atoms with Gasteiger partial charge in [0, 0.05) is 5.69 Å². The molecule has 0 bridgehead atoms. The van der Waals surface area contributed by atoms with Gasteiger partial charge in [0.25, 0.3) is 0 Å². The van der Waals surface area contributed by atoms with Crippen molar-refractivity contribution < 1.29 is 4.42 Å². The summed E-state index contributed by atoms with van der Waals surface area (Å²) in [4.78, 5) is 0. The molecule has 0 amide bonds. The fourth-order valence-corrected chi connectivity index (χ4v) is 2.34. The quantitative estimate of drug-likeness (QED) is 0.810. The van der Waals surface area contributed by atoms with Crippen LogP contribution in [0.3, 0.4) is 0 Å². The predicted molar refractivity (Wildman–Crippen MR) is 85.3 cm³/mol. The summed E-state index contributed by atoms with van der Waals surface area (Å²) >= 11 is 0. The molecule has 4 nitrogen and oxygen atoms in total. The zero-order valence-electron chi connectivity index (χ0n) is 13.6. The third kappa shape index (κ3) is 4.46. The highest BCUT2D eigenvalue weighted by atomic mass is 16.3. The Labute approximate surface area is 127 Å². The second-order valence-electron chi connectivity index (χ2n) is 5.88. The maximum atomic E-state index is 5.89. The topological polar surface area (TPSA) is 43.0 Å². The van der Waals surface area contributed by atoms with Crippen LogP contribution in [0.5, 0.6) is 0 Å². The Morgan fingerprint density at radius 2 is 1.95 bits per heavy atom. The Kier molecular flexibility index (Phi) is 5.62. The molecule has 0 aliphatic heterocycles. The summed E-state index contributed by atoms with van der Waals surface area (Å²) in [6.45, 7) is 11.2. The van der Waals surface area contributed by atoms with Gasteiger partial charge < -0.3 is 9.73 Å². The molecule has 0 fully saturated rings. The van der Waals surface area contributed by atoms with Crippen molar-refractivity contribution in [3.63, 3.8) is 0 Å². The predicted octanol–water partition coefficient (Wildman–Crippen LogP) is 3.39. The maximum absolute atomic E-state index is 5.89. The van der Waals surface area contributed by atoms with Crippen LogP contribution in [0.15, 0.2) is 22.6 Å². The van der Waals surface area contributed by atoms with E-state index in [-0.39, 0.29) is 0 Å². The van der Waals surface area contributed by atoms with Crippen LogP contribution in [-0.2, 0) is 25.9 Å². The van der Waals surface area contributed by atoms with Crippen LogP contribution < -0.4 is 5.32 Å². The fourth-order valence-electron chi connectivity index (χ4n) is 2.34. The number of nitrogens with one attached hydrogen (secondary N) is 1. The molecule has 0 aromatic carbocycles. The molecule has 4 heteroatoms. The SMILES string of the molecule is CCc1cc(CC)n(Cc2ccc(CNCC(C)C)o2)n1. The lowest BCUT2D eigenvalue weighted by Crippen LogP contribution is -2.18. The number of aromatic nitrogens is 2. The van der Waals surface area contributed by atoms with E-state index in [1.165, 1.54) is 5.69 Å². The van der Waals surface area contributed by atoms with Crippen LogP contribution >= 0.6 is 0 Å². The van der Waals surface area contributed by atoms with Gasteiger partial charge in [-0.05, 0) is 43.5 Å². The number of rotatable bonds is 8. The average Bonchev–Trinajstić information content (AvgIpc) is 3.05. The number of hydrogen-bond acceptors (Lipinski definition) is 3. The molecule has 0 saturated carbocycles. The van der Waals surface area contributed by atoms with Crippen molar-refractivity contribution in [3.05, 3.63) is 41.1 Å². The minimum absolute atomic E-state index is 0.656. The minimum atomic E-state index is 0.656. The van der Waals surface area contributed by atoms with Crippen molar-refractivity contribution in [1.82, 2.24) is 15.1 Å². The van der Waals surface area contributed by atoms with Crippen LogP contribution in [0, 0.1) is 5.92 Å². The van der Waals surface area contributed by atoms with E-state index in [0.29, 0.717) is 12.5 Å². The minimum Gasteiger partial charge on any atom is -0.463 e. The van der Waals surface area contributed by atoms with E-state index < -0.39 is 0 Å². The lowest BCUT2D eigenvalue weighted by molar-refractivity contribution is 0.420. The average molecular weight is 289 g/mol. The van der Waals surface area contributed by atoms with Crippen LogP contribution in [0.1, 0.15) is 50.6 Å². The van der Waals surface area contributed by atoms with Gasteiger partial charge >= 0.3 is 0 Å². The monoisotopic (exact) mass is 289 g/mol. The second kappa shape index (κ2) is 7.46. The Hall–Kier alpha value is -1.55. The molecule has 1 N–H and O–H groups in total. The first-order valence-corrected chi connectivity index (χ1v) is 7.96. The first kappa shape index (κ1) is 15.8. The third-order valence-electron chi connectivity index (χ3n) is 3.51. The summed E-state index contributed by atoms with van der Waals surface area (Å²) in [6.07, 6.45) is 1.97. The van der Waals surface area contributed by atoms with Crippen molar-refractivity contribution in [2.24, 2.45) is 5.92 Å². The van der Waals surface area contributed by atoms with E-state index >= 15 is 0 Å². The molecule has 116 valence electrons. The molecule has 0 atom stereocenters. The number of furan rings is 1. The molecule has 21 heavy (non-hydrogen) atoms. The van der Waals surface area contributed by atoms with Gasteiger partial charge in [-0.1, -0.05) is 27.7 Å². The second-order valence-corrected chi connectivity index (χ2v) is 5.88. The van der Waals surface area contributed by atoms with Crippen LogP contribution in [0.2, 0.25) is 0 Å². The number of nitrogens with zero attached hydrogens (tertiary/aromatic N) is 2. The van der Waals surface area contributed by atoms with Gasteiger partial charge in [-0.2, -0.15) is 5.10 Å². The summed E-state index contributed by atoms with van der Waals surface area (Å²) in [5.41, 5.74) is 2.42. The van der Waals surface area contributed by atoms with Crippen molar-refractivity contribution in [3.8, 4) is 0 Å². The molecule has 2 rings (SSSR count). The van der Waals surface area contributed by atoms with Gasteiger partial charge in [0.15, 0.2) is 0 Å². The standard InChI is InChI=1S/C17H27N3O/c1-5-14-9-15(6-2)20(19-14)12-17-8-7-16(21-17)11-18-10-13(3)4/h7-9,13,18H,5-6,10-12H2,1-4H3. The highest BCUT2D eigenvalue weighted by Gasteiger charge is 2.08. The Bertz CT molecular complexity index is 554. The molecule has 0 radical (unpaired) electrons. The van der Waals surface area contributed by atoms with E-state index in [4.69, 9.17) is 4.42 Å². The van der Waals surface area contributed by atoms with E-state index in [1.807, 2.05) is 0 Å². The lowest BCUT2D eigenvalue weighted by Gasteiger charge is -2.05. The summed E-state index contributed by atoms with van der Waals surface area (Å²) in [5.74, 6) is 2.62. The van der Waals surface area contributed by atoms with Crippen molar-refractivity contribution in [1.29, 1.82) is 0 Å². The molecule has 2 heterocycles. The molecule has 0 spiro atoms. The summed E-state index contributed by atoms with van der Waals surface area (Å²) < 4.78 is 7.95. The fraction of sp³-hybridized carbons (Fsp3) is 0.588. The Morgan fingerprint density at radius 3 is 2.62 bits per heavy atom. The number of aryl methyl sites for hydroxylation is 2. The smallest absolute Gasteiger partial charge is 0.125 e. The van der Waals surface area contributed by atoms with Gasteiger partial charge in [-0.15, -0.1) is 0 Å². The first-order valence-electron chi connectivity index (χ1n) is 7.96. The zero-order chi connectivity index (χ0) is 15.2. The van der Waals surface area contributed by atoms with E-state index in [2.05, 4.69) is 61.0 Å². The third-order valence-corrected chi connectivity index (χ3v) is 3.51. The zero-order valence-corrected chi connectivity index (χ0v) is 13.6. The Balaban J connectivity index is 1.97. The largest absolute Gasteiger partial charge is 0.463 e. The molecular weight excluding hydrogens is 262 g/mol. The van der Waals surface area contributed by atoms with Gasteiger partial charge in [0.1, 0.15) is 11.5 Å². The van der Waals surface area contributed by atoms with E-state index in [0.717, 1.165) is 43.1 Å². The van der Waals surface area contributed by atoms with Gasteiger partial charge in [0.05, 0.1) is 18.8 Å². The molecule has 2 aromatic heterocycles. The summed E-state index contributed by atoms with van der Waals surface area (Å²) in [6, 6.07) is 6.30. The molecular formula is C17H27N3O. The lowest BCUT2D eigenvalue weighted by atomic mass is 10.2. The molecule has 0 aliphatic carbocycles. The van der Waals surface area contributed by atoms with Gasteiger partial charge in [0.2, 0.25) is 0 Å². The normalized spacial score (nSPS) is 11.5. The van der Waals surface area contributed by atoms with Gasteiger partial charge in [-0.3, -0.25) is 4.68 Å². The van der Waals surface area contributed by atoms with Crippen LogP contribution in [0.25, 0.3) is 0 Å².